The Bertz CT molecular complexity index is 539. The van der Waals surface area contributed by atoms with Gasteiger partial charge in [0.05, 0.1) is 5.69 Å². The van der Waals surface area contributed by atoms with Crippen LogP contribution >= 0.6 is 23.2 Å². The fourth-order valence-corrected chi connectivity index (χ4v) is 1.98. The van der Waals surface area contributed by atoms with Gasteiger partial charge < -0.3 is 5.73 Å². The highest BCUT2D eigenvalue weighted by atomic mass is 35.5. The zero-order valence-corrected chi connectivity index (χ0v) is 10.8. The first-order valence-corrected chi connectivity index (χ1v) is 6.01. The zero-order chi connectivity index (χ0) is 12.4. The number of pyridine rings is 1. The van der Waals surface area contributed by atoms with Crippen molar-refractivity contribution in [2.45, 2.75) is 13.0 Å². The van der Waals surface area contributed by atoms with E-state index in [-0.39, 0.29) is 6.04 Å². The average molecular weight is 267 g/mol. The van der Waals surface area contributed by atoms with Crippen LogP contribution in [0.5, 0.6) is 0 Å². The summed E-state index contributed by atoms with van der Waals surface area (Å²) in [6.07, 6.45) is 0. The maximum Gasteiger partial charge on any atom is 0.130 e. The molecule has 1 aromatic carbocycles. The molecule has 1 heterocycles. The molecule has 0 aliphatic heterocycles. The van der Waals surface area contributed by atoms with E-state index in [0.717, 1.165) is 16.8 Å². The van der Waals surface area contributed by atoms with Crippen molar-refractivity contribution >= 4 is 23.2 Å². The molecular weight excluding hydrogens is 255 g/mol. The number of hydrogen-bond donors (Lipinski definition) is 1. The van der Waals surface area contributed by atoms with Crippen LogP contribution in [0.2, 0.25) is 10.2 Å². The van der Waals surface area contributed by atoms with Crippen LogP contribution in [-0.2, 0) is 0 Å². The van der Waals surface area contributed by atoms with Crippen LogP contribution in [-0.4, -0.2) is 4.98 Å². The molecule has 0 radical (unpaired) electrons. The Morgan fingerprint density at radius 1 is 1.18 bits per heavy atom. The van der Waals surface area contributed by atoms with Gasteiger partial charge in [-0.1, -0.05) is 35.3 Å². The first-order valence-electron chi connectivity index (χ1n) is 5.25. The Hall–Kier alpha value is -1.09. The summed E-state index contributed by atoms with van der Waals surface area (Å²) >= 11 is 11.9. The molecule has 1 atom stereocenters. The van der Waals surface area contributed by atoms with Crippen LogP contribution in [0.3, 0.4) is 0 Å². The van der Waals surface area contributed by atoms with Gasteiger partial charge in [-0.05, 0) is 36.8 Å². The molecule has 2 nitrogen and oxygen atoms in total. The Morgan fingerprint density at radius 2 is 1.94 bits per heavy atom. The van der Waals surface area contributed by atoms with Gasteiger partial charge in [-0.25, -0.2) is 4.98 Å². The summed E-state index contributed by atoms with van der Waals surface area (Å²) in [5.74, 6) is 0. The highest BCUT2D eigenvalue weighted by Crippen LogP contribution is 2.25. The number of nitrogens with zero attached hydrogens (tertiary/aromatic N) is 1. The van der Waals surface area contributed by atoms with Gasteiger partial charge in [0, 0.05) is 16.6 Å². The normalized spacial score (nSPS) is 12.5. The summed E-state index contributed by atoms with van der Waals surface area (Å²) < 4.78 is 0. The van der Waals surface area contributed by atoms with E-state index in [1.54, 1.807) is 6.07 Å². The van der Waals surface area contributed by atoms with Crippen molar-refractivity contribution in [1.82, 2.24) is 4.98 Å². The highest BCUT2D eigenvalue weighted by molar-refractivity contribution is 6.31. The largest absolute Gasteiger partial charge is 0.324 e. The summed E-state index contributed by atoms with van der Waals surface area (Å²) in [5.41, 5.74) is 8.52. The molecule has 4 heteroatoms. The average Bonchev–Trinajstić information content (AvgIpc) is 2.28. The first-order chi connectivity index (χ1) is 8.06. The Kier molecular flexibility index (Phi) is 3.67. The quantitative estimate of drug-likeness (QED) is 0.833. The van der Waals surface area contributed by atoms with Crippen LogP contribution in [0.4, 0.5) is 0 Å². The molecule has 0 aliphatic rings. The molecule has 0 spiro atoms. The topological polar surface area (TPSA) is 38.9 Å². The van der Waals surface area contributed by atoms with Gasteiger partial charge in [0.25, 0.3) is 0 Å². The van der Waals surface area contributed by atoms with E-state index in [1.165, 1.54) is 0 Å². The minimum atomic E-state index is -0.0755. The number of aromatic nitrogens is 1. The predicted octanol–water partition coefficient (Wildman–Crippen LogP) is 4.08. The van der Waals surface area contributed by atoms with Crippen LogP contribution < -0.4 is 5.73 Å². The van der Waals surface area contributed by atoms with Crippen molar-refractivity contribution in [2.24, 2.45) is 5.73 Å². The zero-order valence-electron chi connectivity index (χ0n) is 9.32. The molecular formula is C13H12Cl2N2. The van der Waals surface area contributed by atoms with E-state index in [2.05, 4.69) is 4.98 Å². The monoisotopic (exact) mass is 266 g/mol. The molecule has 0 saturated carbocycles. The standard InChI is InChI=1S/C13H12Cl2N2/c1-8(16)10-6-12(17-13(15)7-10)9-3-2-4-11(14)5-9/h2-8H,16H2,1H3. The molecule has 17 heavy (non-hydrogen) atoms. The van der Waals surface area contributed by atoms with Crippen LogP contribution in [0.1, 0.15) is 18.5 Å². The first kappa shape index (κ1) is 12.4. The lowest BCUT2D eigenvalue weighted by Gasteiger charge is -2.09. The Labute approximate surface area is 110 Å². The molecule has 0 amide bonds. The lowest BCUT2D eigenvalue weighted by Crippen LogP contribution is -2.05. The molecule has 1 aromatic heterocycles. The number of rotatable bonds is 2. The van der Waals surface area contributed by atoms with Crippen LogP contribution in [0.25, 0.3) is 11.3 Å². The lowest BCUT2D eigenvalue weighted by molar-refractivity contribution is 0.816. The molecule has 2 rings (SSSR count). The van der Waals surface area contributed by atoms with Crippen molar-refractivity contribution in [3.05, 3.63) is 52.1 Å². The molecule has 0 fully saturated rings. The maximum absolute atomic E-state index is 5.98. The second-order valence-electron chi connectivity index (χ2n) is 3.91. The van der Waals surface area contributed by atoms with E-state index in [4.69, 9.17) is 28.9 Å². The van der Waals surface area contributed by atoms with Crippen LogP contribution in [0, 0.1) is 0 Å². The van der Waals surface area contributed by atoms with Gasteiger partial charge in [0.1, 0.15) is 5.15 Å². The van der Waals surface area contributed by atoms with E-state index < -0.39 is 0 Å². The molecule has 0 bridgehead atoms. The molecule has 1 unspecified atom stereocenters. The van der Waals surface area contributed by atoms with Crippen molar-refractivity contribution in [1.29, 1.82) is 0 Å². The third-order valence-electron chi connectivity index (χ3n) is 2.46. The lowest BCUT2D eigenvalue weighted by atomic mass is 10.1. The SMILES string of the molecule is CC(N)c1cc(Cl)nc(-c2cccc(Cl)c2)c1. The molecule has 2 N–H and O–H groups in total. The minimum absolute atomic E-state index is 0.0755. The number of nitrogens with two attached hydrogens (primary N) is 1. The molecule has 0 aliphatic carbocycles. The maximum atomic E-state index is 5.98. The fraction of sp³-hybridized carbons (Fsp3) is 0.154. The van der Waals surface area contributed by atoms with E-state index in [0.29, 0.717) is 10.2 Å². The third-order valence-corrected chi connectivity index (χ3v) is 2.89. The van der Waals surface area contributed by atoms with Gasteiger partial charge in [0.2, 0.25) is 0 Å². The highest BCUT2D eigenvalue weighted by Gasteiger charge is 2.07. The third kappa shape index (κ3) is 2.97. The Balaban J connectivity index is 2.52. The van der Waals surface area contributed by atoms with Crippen molar-refractivity contribution in [3.63, 3.8) is 0 Å². The molecule has 0 saturated heterocycles. The van der Waals surface area contributed by atoms with Gasteiger partial charge in [-0.3, -0.25) is 0 Å². The van der Waals surface area contributed by atoms with Gasteiger partial charge in [-0.15, -0.1) is 0 Å². The second kappa shape index (κ2) is 5.05. The summed E-state index contributed by atoms with van der Waals surface area (Å²) in [6.45, 7) is 1.91. The van der Waals surface area contributed by atoms with Crippen molar-refractivity contribution in [3.8, 4) is 11.3 Å². The number of halogens is 2. The second-order valence-corrected chi connectivity index (χ2v) is 4.73. The van der Waals surface area contributed by atoms with Gasteiger partial charge >= 0.3 is 0 Å². The van der Waals surface area contributed by atoms with E-state index in [1.807, 2.05) is 37.3 Å². The van der Waals surface area contributed by atoms with E-state index in [9.17, 15) is 0 Å². The summed E-state index contributed by atoms with van der Waals surface area (Å²) in [6, 6.07) is 11.1. The van der Waals surface area contributed by atoms with Crippen LogP contribution in [0.15, 0.2) is 36.4 Å². The smallest absolute Gasteiger partial charge is 0.130 e. The summed E-state index contributed by atoms with van der Waals surface area (Å²) in [4.78, 5) is 4.28. The fourth-order valence-electron chi connectivity index (χ4n) is 1.58. The van der Waals surface area contributed by atoms with Crippen molar-refractivity contribution < 1.29 is 0 Å². The predicted molar refractivity (Wildman–Crippen MR) is 72.3 cm³/mol. The summed E-state index contributed by atoms with van der Waals surface area (Å²) in [7, 11) is 0. The molecule has 2 aromatic rings. The molecule has 88 valence electrons. The minimum Gasteiger partial charge on any atom is -0.324 e. The van der Waals surface area contributed by atoms with Gasteiger partial charge in [-0.2, -0.15) is 0 Å². The number of hydrogen-bond acceptors (Lipinski definition) is 2. The summed E-state index contributed by atoms with van der Waals surface area (Å²) in [5, 5.41) is 1.11. The van der Waals surface area contributed by atoms with E-state index >= 15 is 0 Å². The van der Waals surface area contributed by atoms with Crippen molar-refractivity contribution in [2.75, 3.05) is 0 Å². The number of benzene rings is 1. The Morgan fingerprint density at radius 3 is 2.59 bits per heavy atom. The van der Waals surface area contributed by atoms with Gasteiger partial charge in [0.15, 0.2) is 0 Å².